The van der Waals surface area contributed by atoms with Crippen LogP contribution in [0, 0.1) is 5.92 Å². The average molecular weight is 299 g/mol. The SMILES string of the molecule is CC1CCc2c(C(=O)N/N=C/c3ccccn3)csc2C1. The van der Waals surface area contributed by atoms with Gasteiger partial charge in [0, 0.05) is 16.5 Å². The molecule has 1 N–H and O–H groups in total. The Labute approximate surface area is 127 Å². The van der Waals surface area contributed by atoms with Gasteiger partial charge in [-0.3, -0.25) is 9.78 Å². The van der Waals surface area contributed by atoms with Crippen LogP contribution in [0.2, 0.25) is 0 Å². The van der Waals surface area contributed by atoms with Gasteiger partial charge in [0.1, 0.15) is 0 Å². The van der Waals surface area contributed by atoms with Crippen molar-refractivity contribution in [1.82, 2.24) is 10.4 Å². The number of thiophene rings is 1. The molecule has 1 aliphatic carbocycles. The van der Waals surface area contributed by atoms with Gasteiger partial charge >= 0.3 is 0 Å². The molecule has 0 spiro atoms. The molecule has 2 heterocycles. The van der Waals surface area contributed by atoms with Crippen LogP contribution >= 0.6 is 11.3 Å². The van der Waals surface area contributed by atoms with Crippen molar-refractivity contribution in [3.63, 3.8) is 0 Å². The van der Waals surface area contributed by atoms with Crippen LogP contribution in [0.4, 0.5) is 0 Å². The van der Waals surface area contributed by atoms with Crippen LogP contribution in [0.1, 0.15) is 39.8 Å². The molecule has 4 nitrogen and oxygen atoms in total. The molecule has 0 fully saturated rings. The van der Waals surface area contributed by atoms with Gasteiger partial charge in [0.05, 0.1) is 17.5 Å². The maximum absolute atomic E-state index is 12.2. The number of hydrogen-bond donors (Lipinski definition) is 1. The van der Waals surface area contributed by atoms with E-state index < -0.39 is 0 Å². The monoisotopic (exact) mass is 299 g/mol. The molecule has 1 aliphatic rings. The normalized spacial score (nSPS) is 17.7. The van der Waals surface area contributed by atoms with Crippen molar-refractivity contribution in [3.05, 3.63) is 51.5 Å². The van der Waals surface area contributed by atoms with E-state index in [0.29, 0.717) is 5.92 Å². The van der Waals surface area contributed by atoms with Crippen LogP contribution in [0.25, 0.3) is 0 Å². The van der Waals surface area contributed by atoms with E-state index in [9.17, 15) is 4.79 Å². The molecule has 3 rings (SSSR count). The molecule has 1 unspecified atom stereocenters. The van der Waals surface area contributed by atoms with Gasteiger partial charge in [-0.1, -0.05) is 13.0 Å². The van der Waals surface area contributed by atoms with Gasteiger partial charge < -0.3 is 0 Å². The lowest BCUT2D eigenvalue weighted by molar-refractivity contribution is 0.0954. The fourth-order valence-corrected chi connectivity index (χ4v) is 3.78. The van der Waals surface area contributed by atoms with E-state index in [1.54, 1.807) is 23.7 Å². The molecule has 2 aromatic rings. The Morgan fingerprint density at radius 1 is 1.52 bits per heavy atom. The van der Waals surface area contributed by atoms with Crippen LogP contribution in [0.5, 0.6) is 0 Å². The van der Waals surface area contributed by atoms with Crippen molar-refractivity contribution in [3.8, 4) is 0 Å². The Bertz CT molecular complexity index is 663. The van der Waals surface area contributed by atoms with Crippen molar-refractivity contribution in [2.45, 2.75) is 26.2 Å². The molecule has 0 bridgehead atoms. The largest absolute Gasteiger partial charge is 0.272 e. The molecule has 1 amide bonds. The molecule has 0 aromatic carbocycles. The molecular formula is C16H17N3OS. The minimum atomic E-state index is -0.130. The predicted molar refractivity (Wildman–Crippen MR) is 84.8 cm³/mol. The number of fused-ring (bicyclic) bond motifs is 1. The van der Waals surface area contributed by atoms with E-state index >= 15 is 0 Å². The van der Waals surface area contributed by atoms with Crippen molar-refractivity contribution in [2.24, 2.45) is 11.0 Å². The molecule has 2 aromatic heterocycles. The Hall–Kier alpha value is -2.01. The molecule has 0 saturated carbocycles. The highest BCUT2D eigenvalue weighted by Gasteiger charge is 2.22. The van der Waals surface area contributed by atoms with Crippen LogP contribution in [-0.4, -0.2) is 17.1 Å². The van der Waals surface area contributed by atoms with E-state index in [1.165, 1.54) is 10.4 Å². The van der Waals surface area contributed by atoms with Crippen molar-refractivity contribution in [1.29, 1.82) is 0 Å². The highest BCUT2D eigenvalue weighted by atomic mass is 32.1. The minimum absolute atomic E-state index is 0.130. The first-order valence-corrected chi connectivity index (χ1v) is 7.95. The number of pyridine rings is 1. The summed E-state index contributed by atoms with van der Waals surface area (Å²) in [6, 6.07) is 5.56. The number of rotatable bonds is 3. The number of hydrazone groups is 1. The van der Waals surface area contributed by atoms with Crippen molar-refractivity contribution < 1.29 is 4.79 Å². The Kier molecular flexibility index (Phi) is 4.10. The minimum Gasteiger partial charge on any atom is -0.267 e. The standard InChI is InChI=1S/C16H17N3OS/c1-11-5-6-13-14(10-21-15(13)8-11)16(20)19-18-9-12-4-2-3-7-17-12/h2-4,7,9-11H,5-6,8H2,1H3,(H,19,20)/b18-9+. The van der Waals surface area contributed by atoms with Crippen LogP contribution < -0.4 is 5.43 Å². The van der Waals surface area contributed by atoms with E-state index in [-0.39, 0.29) is 5.91 Å². The van der Waals surface area contributed by atoms with Crippen LogP contribution in [0.3, 0.4) is 0 Å². The molecule has 0 radical (unpaired) electrons. The zero-order valence-electron chi connectivity index (χ0n) is 11.9. The third-order valence-electron chi connectivity index (χ3n) is 3.70. The fraction of sp³-hybridized carbons (Fsp3) is 0.312. The van der Waals surface area contributed by atoms with Gasteiger partial charge in [-0.25, -0.2) is 5.43 Å². The van der Waals surface area contributed by atoms with E-state index in [0.717, 1.165) is 30.5 Å². The molecule has 108 valence electrons. The van der Waals surface area contributed by atoms with E-state index in [1.807, 2.05) is 23.6 Å². The quantitative estimate of drug-likeness (QED) is 0.699. The maximum Gasteiger partial charge on any atom is 0.272 e. The molecule has 1 atom stereocenters. The lowest BCUT2D eigenvalue weighted by Gasteiger charge is -2.18. The smallest absolute Gasteiger partial charge is 0.267 e. The summed E-state index contributed by atoms with van der Waals surface area (Å²) in [6.45, 7) is 2.26. The third kappa shape index (κ3) is 3.19. The number of nitrogens with zero attached hydrogens (tertiary/aromatic N) is 2. The zero-order valence-corrected chi connectivity index (χ0v) is 12.7. The summed E-state index contributed by atoms with van der Waals surface area (Å²) in [6.07, 6.45) is 6.48. The highest BCUT2D eigenvalue weighted by Crippen LogP contribution is 2.32. The van der Waals surface area contributed by atoms with Crippen LogP contribution in [-0.2, 0) is 12.8 Å². The number of carbonyl (C=O) groups is 1. The lowest BCUT2D eigenvalue weighted by atomic mass is 9.88. The first kappa shape index (κ1) is 13.9. The third-order valence-corrected chi connectivity index (χ3v) is 4.75. The first-order valence-electron chi connectivity index (χ1n) is 7.07. The lowest BCUT2D eigenvalue weighted by Crippen LogP contribution is -2.20. The van der Waals surface area contributed by atoms with Gasteiger partial charge in [0.15, 0.2) is 0 Å². The molecule has 0 saturated heterocycles. The van der Waals surface area contributed by atoms with E-state index in [4.69, 9.17) is 0 Å². The highest BCUT2D eigenvalue weighted by molar-refractivity contribution is 7.10. The van der Waals surface area contributed by atoms with Gasteiger partial charge in [0.2, 0.25) is 0 Å². The van der Waals surface area contributed by atoms with Gasteiger partial charge in [-0.2, -0.15) is 5.10 Å². The van der Waals surface area contributed by atoms with Gasteiger partial charge in [0.25, 0.3) is 5.91 Å². The summed E-state index contributed by atoms with van der Waals surface area (Å²) < 4.78 is 0. The zero-order chi connectivity index (χ0) is 14.7. The summed E-state index contributed by atoms with van der Waals surface area (Å²) in [5.74, 6) is 0.587. The van der Waals surface area contributed by atoms with Crippen molar-refractivity contribution >= 4 is 23.5 Å². The number of aromatic nitrogens is 1. The molecule has 21 heavy (non-hydrogen) atoms. The Morgan fingerprint density at radius 2 is 2.43 bits per heavy atom. The van der Waals surface area contributed by atoms with Gasteiger partial charge in [-0.05, 0) is 42.9 Å². The maximum atomic E-state index is 12.2. The average Bonchev–Trinajstić information content (AvgIpc) is 2.91. The summed E-state index contributed by atoms with van der Waals surface area (Å²) in [5, 5.41) is 5.93. The molecular weight excluding hydrogens is 282 g/mol. The predicted octanol–water partition coefficient (Wildman–Crippen LogP) is 3.03. The fourth-order valence-electron chi connectivity index (χ4n) is 2.54. The van der Waals surface area contributed by atoms with Gasteiger partial charge in [-0.15, -0.1) is 11.3 Å². The summed E-state index contributed by atoms with van der Waals surface area (Å²) in [7, 11) is 0. The van der Waals surface area contributed by atoms with E-state index in [2.05, 4.69) is 22.4 Å². The number of amides is 1. The Morgan fingerprint density at radius 3 is 3.24 bits per heavy atom. The molecule has 0 aliphatic heterocycles. The summed E-state index contributed by atoms with van der Waals surface area (Å²) in [4.78, 5) is 17.7. The summed E-state index contributed by atoms with van der Waals surface area (Å²) >= 11 is 1.69. The second-order valence-electron chi connectivity index (χ2n) is 5.35. The Balaban J connectivity index is 1.68. The number of nitrogens with one attached hydrogen (secondary N) is 1. The first-order chi connectivity index (χ1) is 10.2. The number of carbonyl (C=O) groups excluding carboxylic acids is 1. The second kappa shape index (κ2) is 6.18. The summed E-state index contributed by atoms with van der Waals surface area (Å²) in [5.41, 5.74) is 5.30. The topological polar surface area (TPSA) is 54.4 Å². The number of hydrogen-bond acceptors (Lipinski definition) is 4. The molecule has 5 heteroatoms. The van der Waals surface area contributed by atoms with Crippen LogP contribution in [0.15, 0.2) is 34.9 Å². The second-order valence-corrected chi connectivity index (χ2v) is 6.32. The van der Waals surface area contributed by atoms with Crippen molar-refractivity contribution in [2.75, 3.05) is 0 Å².